The number of aryl methyl sites for hydroxylation is 2. The van der Waals surface area contributed by atoms with Gasteiger partial charge >= 0.3 is 0 Å². The van der Waals surface area contributed by atoms with Crippen LogP contribution in [0.4, 0.5) is 0 Å². The minimum Gasteiger partial charge on any atom is -0.322 e. The molecule has 0 aliphatic rings. The number of alkyl halides is 1. The molecule has 0 aliphatic heterocycles. The minimum atomic E-state index is 0.422. The van der Waals surface area contributed by atoms with Crippen LogP contribution in [0.25, 0.3) is 11.0 Å². The number of hydrogen-bond donors (Lipinski definition) is 0. The number of thiazole rings is 1. The Hall–Kier alpha value is -1.39. The molecular weight excluding hydrogens is 278 g/mol. The molecule has 0 saturated carbocycles. The molecule has 1 aromatic carbocycles. The summed E-state index contributed by atoms with van der Waals surface area (Å²) in [5.74, 6) is 1.33. The van der Waals surface area contributed by atoms with Gasteiger partial charge < -0.3 is 4.57 Å². The van der Waals surface area contributed by atoms with Crippen molar-refractivity contribution in [3.05, 3.63) is 45.7 Å². The van der Waals surface area contributed by atoms with Crippen LogP contribution in [-0.4, -0.2) is 14.5 Å². The van der Waals surface area contributed by atoms with Crippen LogP contribution in [0.1, 0.15) is 22.0 Å². The van der Waals surface area contributed by atoms with Crippen molar-refractivity contribution >= 4 is 34.0 Å². The Kier molecular flexibility index (Phi) is 3.29. The van der Waals surface area contributed by atoms with E-state index in [1.807, 2.05) is 12.4 Å². The van der Waals surface area contributed by atoms with Gasteiger partial charge in [-0.05, 0) is 31.5 Å². The van der Waals surface area contributed by atoms with Crippen LogP contribution >= 0.6 is 22.9 Å². The summed E-state index contributed by atoms with van der Waals surface area (Å²) >= 11 is 7.70. The van der Waals surface area contributed by atoms with Gasteiger partial charge in [0.15, 0.2) is 0 Å². The number of halogens is 1. The van der Waals surface area contributed by atoms with E-state index in [9.17, 15) is 0 Å². The summed E-state index contributed by atoms with van der Waals surface area (Å²) in [6, 6.07) is 6.32. The molecule has 3 nitrogen and oxygen atoms in total. The van der Waals surface area contributed by atoms with E-state index >= 15 is 0 Å². The summed E-state index contributed by atoms with van der Waals surface area (Å²) in [6.07, 6.45) is 0. The SMILES string of the molecule is Cc1ccc2c(c1)nc(CCl)n2Cc1scnc1C. The lowest BCUT2D eigenvalue weighted by atomic mass is 10.2. The Balaban J connectivity index is 2.13. The van der Waals surface area contributed by atoms with Gasteiger partial charge in [-0.15, -0.1) is 22.9 Å². The van der Waals surface area contributed by atoms with Crippen molar-refractivity contribution in [3.8, 4) is 0 Å². The third-order valence-electron chi connectivity index (χ3n) is 3.25. The average molecular weight is 292 g/mol. The summed E-state index contributed by atoms with van der Waals surface area (Å²) in [5.41, 5.74) is 6.33. The van der Waals surface area contributed by atoms with Gasteiger partial charge in [0, 0.05) is 4.88 Å². The lowest BCUT2D eigenvalue weighted by Gasteiger charge is -2.06. The zero-order valence-corrected chi connectivity index (χ0v) is 12.4. The molecule has 0 fully saturated rings. The van der Waals surface area contributed by atoms with Crippen molar-refractivity contribution in [3.63, 3.8) is 0 Å². The molecule has 2 heterocycles. The van der Waals surface area contributed by atoms with Crippen molar-refractivity contribution < 1.29 is 0 Å². The van der Waals surface area contributed by atoms with Gasteiger partial charge in [-0.2, -0.15) is 0 Å². The zero-order valence-electron chi connectivity index (χ0n) is 10.9. The van der Waals surface area contributed by atoms with Crippen LogP contribution < -0.4 is 0 Å². The molecule has 0 unspecified atom stereocenters. The van der Waals surface area contributed by atoms with Crippen LogP contribution in [0.3, 0.4) is 0 Å². The lowest BCUT2D eigenvalue weighted by molar-refractivity contribution is 0.783. The highest BCUT2D eigenvalue weighted by molar-refractivity contribution is 7.09. The highest BCUT2D eigenvalue weighted by Crippen LogP contribution is 2.22. The normalized spacial score (nSPS) is 11.3. The van der Waals surface area contributed by atoms with Crippen LogP contribution in [0, 0.1) is 13.8 Å². The molecule has 0 amide bonds. The standard InChI is InChI=1S/C14H14ClN3S/c1-9-3-4-12-11(5-9)17-14(6-15)18(12)7-13-10(2)16-8-19-13/h3-5,8H,6-7H2,1-2H3. The van der Waals surface area contributed by atoms with Crippen molar-refractivity contribution in [1.29, 1.82) is 0 Å². The minimum absolute atomic E-state index is 0.422. The number of hydrogen-bond acceptors (Lipinski definition) is 3. The van der Waals surface area contributed by atoms with E-state index in [4.69, 9.17) is 11.6 Å². The second kappa shape index (κ2) is 4.94. The van der Waals surface area contributed by atoms with Crippen LogP contribution in [0.2, 0.25) is 0 Å². The molecule has 0 bridgehead atoms. The van der Waals surface area contributed by atoms with Crippen LogP contribution in [0.15, 0.2) is 23.7 Å². The number of imidazole rings is 1. The molecule has 5 heteroatoms. The molecule has 0 saturated heterocycles. The summed E-state index contributed by atoms with van der Waals surface area (Å²) in [4.78, 5) is 10.2. The predicted octanol–water partition coefficient (Wildman–Crippen LogP) is 3.90. The number of aromatic nitrogens is 3. The van der Waals surface area contributed by atoms with Gasteiger partial charge in [-0.25, -0.2) is 9.97 Å². The number of fused-ring (bicyclic) bond motifs is 1. The first-order chi connectivity index (χ1) is 9.19. The van der Waals surface area contributed by atoms with Crippen molar-refractivity contribution in [2.45, 2.75) is 26.3 Å². The predicted molar refractivity (Wildman–Crippen MR) is 80.0 cm³/mol. The number of rotatable bonds is 3. The Morgan fingerprint density at radius 3 is 2.84 bits per heavy atom. The molecule has 2 aromatic heterocycles. The number of nitrogens with zero attached hydrogens (tertiary/aromatic N) is 3. The quantitative estimate of drug-likeness (QED) is 0.685. The molecular formula is C14H14ClN3S. The van der Waals surface area contributed by atoms with Gasteiger partial charge in [-0.1, -0.05) is 6.07 Å². The molecule has 0 aliphatic carbocycles. The Morgan fingerprint density at radius 2 is 2.16 bits per heavy atom. The fraction of sp³-hybridized carbons (Fsp3) is 0.286. The highest BCUT2D eigenvalue weighted by atomic mass is 35.5. The maximum atomic E-state index is 6.03. The monoisotopic (exact) mass is 291 g/mol. The van der Waals surface area contributed by atoms with Crippen LogP contribution in [0.5, 0.6) is 0 Å². The Labute approximate surface area is 120 Å². The summed E-state index contributed by atoms with van der Waals surface area (Å²) in [6.45, 7) is 4.90. The molecule has 19 heavy (non-hydrogen) atoms. The fourth-order valence-electron chi connectivity index (χ4n) is 2.19. The van der Waals surface area contributed by atoms with Gasteiger partial charge in [0.1, 0.15) is 5.82 Å². The largest absolute Gasteiger partial charge is 0.322 e. The zero-order chi connectivity index (χ0) is 13.4. The van der Waals surface area contributed by atoms with Crippen molar-refractivity contribution in [2.75, 3.05) is 0 Å². The van der Waals surface area contributed by atoms with E-state index in [-0.39, 0.29) is 0 Å². The summed E-state index contributed by atoms with van der Waals surface area (Å²) in [7, 11) is 0. The molecule has 0 spiro atoms. The van der Waals surface area contributed by atoms with Gasteiger partial charge in [0.25, 0.3) is 0 Å². The lowest BCUT2D eigenvalue weighted by Crippen LogP contribution is -2.03. The van der Waals surface area contributed by atoms with E-state index < -0.39 is 0 Å². The third kappa shape index (κ3) is 2.26. The van der Waals surface area contributed by atoms with Crippen molar-refractivity contribution in [1.82, 2.24) is 14.5 Å². The van der Waals surface area contributed by atoms with E-state index in [1.54, 1.807) is 11.3 Å². The first-order valence-electron chi connectivity index (χ1n) is 6.09. The first-order valence-corrected chi connectivity index (χ1v) is 7.51. The van der Waals surface area contributed by atoms with Gasteiger partial charge in [0.2, 0.25) is 0 Å². The maximum Gasteiger partial charge on any atom is 0.125 e. The summed E-state index contributed by atoms with van der Waals surface area (Å²) < 4.78 is 2.18. The third-order valence-corrected chi connectivity index (χ3v) is 4.41. The van der Waals surface area contributed by atoms with Crippen molar-refractivity contribution in [2.24, 2.45) is 0 Å². The molecule has 3 aromatic rings. The van der Waals surface area contributed by atoms with Gasteiger partial charge in [-0.3, -0.25) is 0 Å². The van der Waals surface area contributed by atoms with Gasteiger partial charge in [0.05, 0.1) is 34.7 Å². The summed E-state index contributed by atoms with van der Waals surface area (Å²) in [5, 5.41) is 0. The Bertz CT molecular complexity index is 729. The molecule has 98 valence electrons. The van der Waals surface area contributed by atoms with E-state index in [0.717, 1.165) is 29.1 Å². The average Bonchev–Trinajstić information content (AvgIpc) is 2.94. The molecule has 0 N–H and O–H groups in total. The second-order valence-electron chi connectivity index (χ2n) is 4.60. The smallest absolute Gasteiger partial charge is 0.125 e. The molecule has 0 radical (unpaired) electrons. The first kappa shape index (κ1) is 12.6. The topological polar surface area (TPSA) is 30.7 Å². The molecule has 3 rings (SSSR count). The fourth-order valence-corrected chi connectivity index (χ4v) is 3.16. The molecule has 0 atom stereocenters. The highest BCUT2D eigenvalue weighted by Gasteiger charge is 2.12. The van der Waals surface area contributed by atoms with E-state index in [2.05, 4.69) is 39.7 Å². The van der Waals surface area contributed by atoms with E-state index in [0.29, 0.717) is 5.88 Å². The van der Waals surface area contributed by atoms with Crippen LogP contribution in [-0.2, 0) is 12.4 Å². The second-order valence-corrected chi connectivity index (χ2v) is 5.81. The Morgan fingerprint density at radius 1 is 1.32 bits per heavy atom. The van der Waals surface area contributed by atoms with E-state index in [1.165, 1.54) is 10.4 Å². The number of benzene rings is 1. The maximum absolute atomic E-state index is 6.03.